The van der Waals surface area contributed by atoms with Crippen LogP contribution in [0, 0.1) is 0 Å². The Morgan fingerprint density at radius 1 is 0.941 bits per heavy atom. The molecule has 84 valence electrons. The van der Waals surface area contributed by atoms with Gasteiger partial charge in [0.1, 0.15) is 0 Å². The van der Waals surface area contributed by atoms with Crippen molar-refractivity contribution in [3.05, 3.63) is 76.9 Å². The van der Waals surface area contributed by atoms with Crippen LogP contribution in [0.3, 0.4) is 0 Å². The average molecular weight is 220 g/mol. The summed E-state index contributed by atoms with van der Waals surface area (Å²) in [5.41, 5.74) is 6.96. The Balaban J connectivity index is 2.30. The molecular weight excluding hydrogens is 204 g/mol. The lowest BCUT2D eigenvalue weighted by Gasteiger charge is -2.09. The molecule has 0 aliphatic heterocycles. The SMILES string of the molecule is CC1=CCc2ccccc2C2=C1C=CCC=C2. The van der Waals surface area contributed by atoms with Crippen LogP contribution in [0.4, 0.5) is 0 Å². The fourth-order valence-corrected chi connectivity index (χ4v) is 2.54. The Morgan fingerprint density at radius 3 is 2.59 bits per heavy atom. The highest BCUT2D eigenvalue weighted by Gasteiger charge is 2.14. The van der Waals surface area contributed by atoms with Gasteiger partial charge in [-0.1, -0.05) is 54.6 Å². The van der Waals surface area contributed by atoms with Gasteiger partial charge in [-0.25, -0.2) is 0 Å². The van der Waals surface area contributed by atoms with E-state index in [0.29, 0.717) is 0 Å². The molecule has 0 nitrogen and oxygen atoms in total. The monoisotopic (exact) mass is 220 g/mol. The van der Waals surface area contributed by atoms with Crippen molar-refractivity contribution >= 4 is 5.57 Å². The molecule has 0 heteroatoms. The Morgan fingerprint density at radius 2 is 1.71 bits per heavy atom. The molecule has 0 bridgehead atoms. The minimum Gasteiger partial charge on any atom is -0.0801 e. The minimum atomic E-state index is 1.03. The van der Waals surface area contributed by atoms with Crippen molar-refractivity contribution in [1.82, 2.24) is 0 Å². The molecule has 0 saturated carbocycles. The normalized spacial score (nSPS) is 18.1. The first kappa shape index (κ1) is 10.3. The third kappa shape index (κ3) is 1.80. The van der Waals surface area contributed by atoms with Crippen molar-refractivity contribution in [1.29, 1.82) is 0 Å². The van der Waals surface area contributed by atoms with Crippen LogP contribution >= 0.6 is 0 Å². The molecule has 2 aliphatic carbocycles. The maximum absolute atomic E-state index is 2.34. The first-order valence-electron chi connectivity index (χ1n) is 6.19. The van der Waals surface area contributed by atoms with Gasteiger partial charge in [-0.2, -0.15) is 0 Å². The summed E-state index contributed by atoms with van der Waals surface area (Å²) in [7, 11) is 0. The molecule has 0 amide bonds. The molecule has 0 spiro atoms. The van der Waals surface area contributed by atoms with Gasteiger partial charge in [0.15, 0.2) is 0 Å². The van der Waals surface area contributed by atoms with Crippen LogP contribution in [0.2, 0.25) is 0 Å². The van der Waals surface area contributed by atoms with E-state index in [4.69, 9.17) is 0 Å². The van der Waals surface area contributed by atoms with Crippen LogP contribution in [0.1, 0.15) is 24.5 Å². The molecular formula is C17H16. The molecule has 17 heavy (non-hydrogen) atoms. The highest BCUT2D eigenvalue weighted by Crippen LogP contribution is 2.33. The number of hydrogen-bond acceptors (Lipinski definition) is 0. The molecule has 0 aromatic heterocycles. The second-order valence-corrected chi connectivity index (χ2v) is 4.62. The molecule has 0 saturated heterocycles. The molecule has 1 aromatic rings. The van der Waals surface area contributed by atoms with E-state index in [0.717, 1.165) is 12.8 Å². The number of allylic oxidation sites excluding steroid dienone is 8. The van der Waals surface area contributed by atoms with Gasteiger partial charge < -0.3 is 0 Å². The lowest BCUT2D eigenvalue weighted by molar-refractivity contribution is 1.24. The summed E-state index contributed by atoms with van der Waals surface area (Å²) in [5, 5.41) is 0. The van der Waals surface area contributed by atoms with Crippen molar-refractivity contribution in [2.24, 2.45) is 0 Å². The zero-order chi connectivity index (χ0) is 11.7. The van der Waals surface area contributed by atoms with Crippen molar-refractivity contribution in [3.63, 3.8) is 0 Å². The van der Waals surface area contributed by atoms with E-state index < -0.39 is 0 Å². The fourth-order valence-electron chi connectivity index (χ4n) is 2.54. The summed E-state index contributed by atoms with van der Waals surface area (Å²) < 4.78 is 0. The van der Waals surface area contributed by atoms with E-state index in [9.17, 15) is 0 Å². The highest BCUT2D eigenvalue weighted by molar-refractivity contribution is 5.84. The summed E-state index contributed by atoms with van der Waals surface area (Å²) in [4.78, 5) is 0. The number of fused-ring (bicyclic) bond motifs is 2. The van der Waals surface area contributed by atoms with Gasteiger partial charge in [0.05, 0.1) is 0 Å². The Kier molecular flexibility index (Phi) is 2.56. The van der Waals surface area contributed by atoms with Gasteiger partial charge in [0, 0.05) is 0 Å². The topological polar surface area (TPSA) is 0 Å². The molecule has 0 unspecified atom stereocenters. The quantitative estimate of drug-likeness (QED) is 0.605. The van der Waals surface area contributed by atoms with Crippen LogP contribution < -0.4 is 0 Å². The van der Waals surface area contributed by atoms with Crippen LogP contribution in [-0.2, 0) is 6.42 Å². The summed E-state index contributed by atoms with van der Waals surface area (Å²) in [5.74, 6) is 0. The Labute approximate surface area is 103 Å². The van der Waals surface area contributed by atoms with E-state index >= 15 is 0 Å². The van der Waals surface area contributed by atoms with Gasteiger partial charge in [-0.3, -0.25) is 0 Å². The molecule has 3 rings (SSSR count). The predicted molar refractivity (Wildman–Crippen MR) is 73.7 cm³/mol. The van der Waals surface area contributed by atoms with Gasteiger partial charge >= 0.3 is 0 Å². The molecule has 1 aromatic carbocycles. The first-order chi connectivity index (χ1) is 8.36. The first-order valence-corrected chi connectivity index (χ1v) is 6.19. The summed E-state index contributed by atoms with van der Waals surface area (Å²) in [6.45, 7) is 2.21. The van der Waals surface area contributed by atoms with Gasteiger partial charge in [0.25, 0.3) is 0 Å². The summed E-state index contributed by atoms with van der Waals surface area (Å²) >= 11 is 0. The zero-order valence-corrected chi connectivity index (χ0v) is 10.1. The molecule has 0 heterocycles. The van der Waals surface area contributed by atoms with Gasteiger partial charge in [-0.05, 0) is 47.6 Å². The Hall–Kier alpha value is -1.82. The molecule has 2 aliphatic rings. The smallest absolute Gasteiger partial charge is 0.00853 e. The van der Waals surface area contributed by atoms with E-state index in [1.54, 1.807) is 0 Å². The fraction of sp³-hybridized carbons (Fsp3) is 0.176. The lowest BCUT2D eigenvalue weighted by atomic mass is 9.95. The third-order valence-electron chi connectivity index (χ3n) is 3.49. The summed E-state index contributed by atoms with van der Waals surface area (Å²) in [6, 6.07) is 8.73. The number of rotatable bonds is 0. The van der Waals surface area contributed by atoms with Crippen LogP contribution in [0.5, 0.6) is 0 Å². The maximum Gasteiger partial charge on any atom is -0.00853 e. The molecule has 0 N–H and O–H groups in total. The maximum atomic E-state index is 2.34. The highest BCUT2D eigenvalue weighted by atomic mass is 14.2. The lowest BCUT2D eigenvalue weighted by Crippen LogP contribution is -1.90. The van der Waals surface area contributed by atoms with Crippen LogP contribution in [-0.4, -0.2) is 0 Å². The zero-order valence-electron chi connectivity index (χ0n) is 10.1. The number of benzene rings is 1. The largest absolute Gasteiger partial charge is 0.0801 e. The second-order valence-electron chi connectivity index (χ2n) is 4.62. The van der Waals surface area contributed by atoms with Crippen molar-refractivity contribution in [2.45, 2.75) is 19.8 Å². The van der Waals surface area contributed by atoms with E-state index in [2.05, 4.69) is 61.6 Å². The Bertz CT molecular complexity index is 565. The third-order valence-corrected chi connectivity index (χ3v) is 3.49. The van der Waals surface area contributed by atoms with Crippen molar-refractivity contribution in [3.8, 4) is 0 Å². The molecule has 0 radical (unpaired) electrons. The van der Waals surface area contributed by atoms with Crippen LogP contribution in [0.25, 0.3) is 5.57 Å². The van der Waals surface area contributed by atoms with Crippen molar-refractivity contribution in [2.75, 3.05) is 0 Å². The van der Waals surface area contributed by atoms with E-state index in [-0.39, 0.29) is 0 Å². The van der Waals surface area contributed by atoms with Crippen LogP contribution in [0.15, 0.2) is 65.8 Å². The van der Waals surface area contributed by atoms with E-state index in [1.807, 2.05) is 0 Å². The second kappa shape index (κ2) is 4.21. The van der Waals surface area contributed by atoms with Gasteiger partial charge in [-0.15, -0.1) is 0 Å². The molecule has 0 atom stereocenters. The summed E-state index contributed by atoms with van der Waals surface area (Å²) in [6.07, 6.45) is 13.4. The minimum absolute atomic E-state index is 1.03. The predicted octanol–water partition coefficient (Wildman–Crippen LogP) is 4.46. The molecule has 0 fully saturated rings. The van der Waals surface area contributed by atoms with E-state index in [1.165, 1.54) is 27.8 Å². The number of hydrogen-bond donors (Lipinski definition) is 0. The standard InChI is InChI=1S/C17H16/c1-13-11-12-14-7-5-6-9-16(14)17-10-4-2-3-8-15(13)17/h3-11H,2,12H2,1H3. The van der Waals surface area contributed by atoms with Crippen molar-refractivity contribution < 1.29 is 0 Å². The average Bonchev–Trinajstić information content (AvgIpc) is 2.67. The van der Waals surface area contributed by atoms with Gasteiger partial charge in [0.2, 0.25) is 0 Å².